The highest BCUT2D eigenvalue weighted by Gasteiger charge is 2.45. The van der Waals surface area contributed by atoms with Crippen LogP contribution in [-0.4, -0.2) is 9.55 Å². The van der Waals surface area contributed by atoms with Crippen molar-refractivity contribution in [2.24, 2.45) is 7.05 Å². The number of aromatic nitrogens is 2. The maximum absolute atomic E-state index is 9.27. The van der Waals surface area contributed by atoms with E-state index in [0.717, 1.165) is 35.3 Å². The van der Waals surface area contributed by atoms with Crippen LogP contribution in [0.15, 0.2) is 18.2 Å². The highest BCUT2D eigenvalue weighted by molar-refractivity contribution is 5.77. The van der Waals surface area contributed by atoms with Crippen molar-refractivity contribution in [3.05, 3.63) is 29.6 Å². The number of fused-ring (bicyclic) bond motifs is 1. The van der Waals surface area contributed by atoms with Crippen LogP contribution in [0.25, 0.3) is 11.0 Å². The Labute approximate surface area is 107 Å². The van der Waals surface area contributed by atoms with Crippen LogP contribution in [0.1, 0.15) is 44.0 Å². The Morgan fingerprint density at radius 2 is 2.11 bits per heavy atom. The average molecular weight is 239 g/mol. The van der Waals surface area contributed by atoms with Gasteiger partial charge in [0.15, 0.2) is 0 Å². The number of hydrogen-bond donors (Lipinski definition) is 0. The van der Waals surface area contributed by atoms with E-state index in [-0.39, 0.29) is 5.41 Å². The zero-order valence-corrected chi connectivity index (χ0v) is 11.1. The minimum absolute atomic E-state index is 0.212. The monoisotopic (exact) mass is 239 g/mol. The molecule has 0 aliphatic heterocycles. The molecule has 18 heavy (non-hydrogen) atoms. The zero-order valence-electron chi connectivity index (χ0n) is 11.1. The quantitative estimate of drug-likeness (QED) is 0.807. The topological polar surface area (TPSA) is 41.6 Å². The highest BCUT2D eigenvalue weighted by Crippen LogP contribution is 2.48. The lowest BCUT2D eigenvalue weighted by Crippen LogP contribution is -2.03. The van der Waals surface area contributed by atoms with Gasteiger partial charge in [-0.1, -0.05) is 19.9 Å². The van der Waals surface area contributed by atoms with Gasteiger partial charge in [0.1, 0.15) is 5.82 Å². The summed E-state index contributed by atoms with van der Waals surface area (Å²) in [6.07, 6.45) is 1.98. The van der Waals surface area contributed by atoms with Crippen LogP contribution < -0.4 is 0 Å². The van der Waals surface area contributed by atoms with Crippen molar-refractivity contribution in [1.82, 2.24) is 9.55 Å². The van der Waals surface area contributed by atoms with Gasteiger partial charge in [-0.2, -0.15) is 5.26 Å². The van der Waals surface area contributed by atoms with Gasteiger partial charge in [0.25, 0.3) is 0 Å². The maximum Gasteiger partial charge on any atom is 0.112 e. The Bertz CT molecular complexity index is 654. The number of aryl methyl sites for hydroxylation is 1. The smallest absolute Gasteiger partial charge is 0.112 e. The van der Waals surface area contributed by atoms with Gasteiger partial charge in [-0.15, -0.1) is 0 Å². The second-order valence-electron chi connectivity index (χ2n) is 5.58. The molecule has 0 spiro atoms. The van der Waals surface area contributed by atoms with Gasteiger partial charge in [0.05, 0.1) is 22.5 Å². The van der Waals surface area contributed by atoms with E-state index >= 15 is 0 Å². The fraction of sp³-hybridized carbons (Fsp3) is 0.467. The summed E-state index contributed by atoms with van der Waals surface area (Å²) in [5.74, 6) is 1.51. The summed E-state index contributed by atoms with van der Waals surface area (Å²) in [6, 6.07) is 8.71. The van der Waals surface area contributed by atoms with Crippen LogP contribution in [0.4, 0.5) is 0 Å². The first-order chi connectivity index (χ1) is 8.57. The van der Waals surface area contributed by atoms with Gasteiger partial charge in [0.2, 0.25) is 0 Å². The number of rotatable bonds is 2. The van der Waals surface area contributed by atoms with Gasteiger partial charge < -0.3 is 4.57 Å². The summed E-state index contributed by atoms with van der Waals surface area (Å²) in [7, 11) is 2.06. The molecule has 1 aromatic carbocycles. The van der Waals surface area contributed by atoms with E-state index in [1.54, 1.807) is 0 Å². The Morgan fingerprint density at radius 1 is 1.39 bits per heavy atom. The molecule has 1 aliphatic rings. The Kier molecular flexibility index (Phi) is 2.25. The molecule has 0 bridgehead atoms. The van der Waals surface area contributed by atoms with E-state index in [1.807, 2.05) is 6.07 Å². The first-order valence-electron chi connectivity index (χ1n) is 6.45. The summed E-state index contributed by atoms with van der Waals surface area (Å²) in [6.45, 7) is 4.31. The molecule has 2 aromatic rings. The van der Waals surface area contributed by atoms with Crippen molar-refractivity contribution in [3.63, 3.8) is 0 Å². The van der Waals surface area contributed by atoms with E-state index in [4.69, 9.17) is 0 Å². The number of imidazole rings is 1. The lowest BCUT2D eigenvalue weighted by molar-refractivity contribution is 0.722. The van der Waals surface area contributed by atoms with Crippen LogP contribution in [0, 0.1) is 11.3 Å². The van der Waals surface area contributed by atoms with Crippen LogP contribution in [0.5, 0.6) is 0 Å². The number of nitriles is 1. The molecular weight excluding hydrogens is 222 g/mol. The molecule has 0 N–H and O–H groups in total. The van der Waals surface area contributed by atoms with Gasteiger partial charge in [-0.25, -0.2) is 4.98 Å². The number of benzene rings is 1. The SMILES string of the molecule is CC(C)c1nc2ccc(C3(C#N)CC3)cc2n1C. The second kappa shape index (κ2) is 3.58. The molecule has 1 heterocycles. The minimum atomic E-state index is -0.212. The molecule has 0 unspecified atom stereocenters. The van der Waals surface area contributed by atoms with Crippen LogP contribution in [0.2, 0.25) is 0 Å². The van der Waals surface area contributed by atoms with E-state index in [9.17, 15) is 5.26 Å². The van der Waals surface area contributed by atoms with Crippen LogP contribution in [-0.2, 0) is 12.5 Å². The Balaban J connectivity index is 2.18. The third-order valence-electron chi connectivity index (χ3n) is 3.95. The lowest BCUT2D eigenvalue weighted by atomic mass is 9.97. The molecule has 1 aromatic heterocycles. The predicted octanol–water partition coefficient (Wildman–Crippen LogP) is 3.25. The summed E-state index contributed by atoms with van der Waals surface area (Å²) >= 11 is 0. The van der Waals surface area contributed by atoms with Gasteiger partial charge in [0, 0.05) is 13.0 Å². The lowest BCUT2D eigenvalue weighted by Gasteiger charge is -2.07. The predicted molar refractivity (Wildman–Crippen MR) is 71.3 cm³/mol. The molecule has 0 atom stereocenters. The third-order valence-corrected chi connectivity index (χ3v) is 3.95. The summed E-state index contributed by atoms with van der Waals surface area (Å²) in [5, 5.41) is 9.27. The standard InChI is InChI=1S/C15H17N3/c1-10(2)14-17-12-5-4-11(8-13(12)18(14)3)15(9-16)6-7-15/h4-5,8,10H,6-7H2,1-3H3. The third kappa shape index (κ3) is 1.45. The average Bonchev–Trinajstić information content (AvgIpc) is 3.09. The Morgan fingerprint density at radius 3 is 2.67 bits per heavy atom. The molecule has 3 nitrogen and oxygen atoms in total. The summed E-state index contributed by atoms with van der Waals surface area (Å²) in [4.78, 5) is 4.66. The van der Waals surface area contributed by atoms with Crippen LogP contribution in [0.3, 0.4) is 0 Å². The van der Waals surface area contributed by atoms with E-state index in [1.165, 1.54) is 0 Å². The summed E-state index contributed by atoms with van der Waals surface area (Å²) in [5.41, 5.74) is 3.10. The van der Waals surface area contributed by atoms with Crippen molar-refractivity contribution >= 4 is 11.0 Å². The molecular formula is C15H17N3. The minimum Gasteiger partial charge on any atom is -0.331 e. The van der Waals surface area contributed by atoms with Gasteiger partial charge in [-0.05, 0) is 30.5 Å². The number of hydrogen-bond acceptors (Lipinski definition) is 2. The van der Waals surface area contributed by atoms with Crippen LogP contribution >= 0.6 is 0 Å². The molecule has 0 amide bonds. The fourth-order valence-corrected chi connectivity index (χ4v) is 2.61. The largest absolute Gasteiger partial charge is 0.331 e. The molecule has 3 rings (SSSR count). The molecule has 1 aliphatic carbocycles. The molecule has 1 fully saturated rings. The van der Waals surface area contributed by atoms with E-state index in [0.29, 0.717) is 5.92 Å². The fourth-order valence-electron chi connectivity index (χ4n) is 2.61. The molecule has 3 heteroatoms. The molecule has 0 saturated heterocycles. The van der Waals surface area contributed by atoms with Crippen molar-refractivity contribution in [2.45, 2.75) is 38.0 Å². The van der Waals surface area contributed by atoms with Crippen molar-refractivity contribution in [3.8, 4) is 6.07 Å². The molecule has 1 saturated carbocycles. The van der Waals surface area contributed by atoms with Crippen molar-refractivity contribution in [1.29, 1.82) is 5.26 Å². The first kappa shape index (κ1) is 11.3. The molecule has 92 valence electrons. The first-order valence-corrected chi connectivity index (χ1v) is 6.45. The van der Waals surface area contributed by atoms with Gasteiger partial charge >= 0.3 is 0 Å². The molecule has 0 radical (unpaired) electrons. The second-order valence-corrected chi connectivity index (χ2v) is 5.58. The zero-order chi connectivity index (χ0) is 12.9. The van der Waals surface area contributed by atoms with Gasteiger partial charge in [-0.3, -0.25) is 0 Å². The Hall–Kier alpha value is -1.82. The van der Waals surface area contributed by atoms with Crippen molar-refractivity contribution < 1.29 is 0 Å². The normalized spacial score (nSPS) is 17.1. The summed E-state index contributed by atoms with van der Waals surface area (Å²) < 4.78 is 2.15. The highest BCUT2D eigenvalue weighted by atomic mass is 15.1. The maximum atomic E-state index is 9.27. The van der Waals surface area contributed by atoms with E-state index < -0.39 is 0 Å². The van der Waals surface area contributed by atoms with Crippen molar-refractivity contribution in [2.75, 3.05) is 0 Å². The number of nitrogens with zero attached hydrogens (tertiary/aromatic N) is 3. The van der Waals surface area contributed by atoms with E-state index in [2.05, 4.69) is 48.6 Å².